The number of hydrogen-bond acceptors (Lipinski definition) is 4. The van der Waals surface area contributed by atoms with Gasteiger partial charge in [-0.15, -0.1) is 24.0 Å². The van der Waals surface area contributed by atoms with Crippen molar-refractivity contribution in [3.05, 3.63) is 0 Å². The molecule has 1 amide bonds. The highest BCUT2D eigenvalue weighted by Gasteiger charge is 2.35. The third-order valence-corrected chi connectivity index (χ3v) is 4.33. The summed E-state index contributed by atoms with van der Waals surface area (Å²) < 4.78 is 42.4. The summed E-state index contributed by atoms with van der Waals surface area (Å²) in [6.07, 6.45) is -3.83. The Balaban J connectivity index is 0.00000338. The van der Waals surface area contributed by atoms with Crippen molar-refractivity contribution in [1.82, 2.24) is 20.0 Å². The number of halogens is 4. The molecular weight excluding hydrogens is 466 g/mol. The molecule has 0 aromatic heterocycles. The van der Waals surface area contributed by atoms with Gasteiger partial charge in [0.2, 0.25) is 0 Å². The molecular formula is C15H27F3IN5O2. The Morgan fingerprint density at radius 1 is 1.19 bits per heavy atom. The van der Waals surface area contributed by atoms with Crippen molar-refractivity contribution >= 4 is 36.0 Å². The number of hydrogen-bond donors (Lipinski definition) is 1. The molecule has 0 aromatic carbocycles. The molecule has 2 aliphatic rings. The summed E-state index contributed by atoms with van der Waals surface area (Å²) in [6.45, 7) is 4.29. The zero-order valence-corrected chi connectivity index (χ0v) is 17.4. The molecule has 0 bridgehead atoms. The molecule has 7 nitrogen and oxygen atoms in total. The van der Waals surface area contributed by atoms with Gasteiger partial charge in [0.15, 0.2) is 5.96 Å². The molecule has 0 spiro atoms. The Morgan fingerprint density at radius 2 is 1.81 bits per heavy atom. The van der Waals surface area contributed by atoms with Gasteiger partial charge in [0, 0.05) is 52.4 Å². The highest BCUT2D eigenvalue weighted by molar-refractivity contribution is 14.0. The van der Waals surface area contributed by atoms with Crippen LogP contribution in [0.25, 0.3) is 0 Å². The quantitative estimate of drug-likeness (QED) is 0.368. The lowest BCUT2D eigenvalue weighted by atomic mass is 10.2. The van der Waals surface area contributed by atoms with Gasteiger partial charge in [0.25, 0.3) is 0 Å². The van der Waals surface area contributed by atoms with Gasteiger partial charge in [-0.05, 0) is 13.3 Å². The second-order valence-electron chi connectivity index (χ2n) is 6.20. The van der Waals surface area contributed by atoms with E-state index in [0.29, 0.717) is 58.3 Å². The van der Waals surface area contributed by atoms with Crippen molar-refractivity contribution in [3.63, 3.8) is 0 Å². The predicted molar refractivity (Wildman–Crippen MR) is 103 cm³/mol. The van der Waals surface area contributed by atoms with E-state index >= 15 is 0 Å². The summed E-state index contributed by atoms with van der Waals surface area (Å²) in [5.74, 6) is 0.669. The number of nitrogens with zero attached hydrogens (tertiary/aromatic N) is 4. The van der Waals surface area contributed by atoms with Gasteiger partial charge in [0.05, 0.1) is 13.2 Å². The molecule has 1 atom stereocenters. The molecule has 2 rings (SSSR count). The molecule has 0 aromatic rings. The fraction of sp³-hybridized carbons (Fsp3) is 0.867. The van der Waals surface area contributed by atoms with E-state index in [4.69, 9.17) is 4.74 Å². The van der Waals surface area contributed by atoms with E-state index in [9.17, 15) is 18.0 Å². The Bertz CT molecular complexity index is 484. The Kier molecular flexibility index (Phi) is 9.21. The molecule has 26 heavy (non-hydrogen) atoms. The molecule has 152 valence electrons. The lowest BCUT2D eigenvalue weighted by Crippen LogP contribution is -2.55. The average molecular weight is 493 g/mol. The molecule has 1 unspecified atom stereocenters. The highest BCUT2D eigenvalue weighted by Crippen LogP contribution is 2.20. The van der Waals surface area contributed by atoms with Crippen molar-refractivity contribution in [2.75, 3.05) is 59.5 Å². The largest absolute Gasteiger partial charge is 0.450 e. The molecule has 11 heteroatoms. The van der Waals surface area contributed by atoms with E-state index in [1.165, 1.54) is 4.90 Å². The molecule has 1 N–H and O–H groups in total. The lowest BCUT2D eigenvalue weighted by molar-refractivity contribution is -0.143. The van der Waals surface area contributed by atoms with Crippen molar-refractivity contribution in [2.45, 2.75) is 25.6 Å². The minimum absolute atomic E-state index is 0. The van der Waals surface area contributed by atoms with Crippen molar-refractivity contribution < 1.29 is 22.7 Å². The van der Waals surface area contributed by atoms with Crippen LogP contribution in [0.3, 0.4) is 0 Å². The molecule has 0 radical (unpaired) electrons. The fourth-order valence-electron chi connectivity index (χ4n) is 3.14. The van der Waals surface area contributed by atoms with Crippen LogP contribution in [0.1, 0.15) is 13.3 Å². The van der Waals surface area contributed by atoms with Crippen LogP contribution in [0.5, 0.6) is 0 Å². The monoisotopic (exact) mass is 493 g/mol. The Hall–Kier alpha value is -0.980. The molecule has 2 fully saturated rings. The average Bonchev–Trinajstić information content (AvgIpc) is 2.98. The first-order valence-corrected chi connectivity index (χ1v) is 8.51. The van der Waals surface area contributed by atoms with E-state index < -0.39 is 12.7 Å². The molecule has 2 aliphatic heterocycles. The SMILES string of the molecule is CCOC(=O)N1CCN(C(=NC)NC2CCN(CC(F)(F)F)C2)CC1.I. The summed E-state index contributed by atoms with van der Waals surface area (Å²) in [7, 11) is 1.66. The maximum absolute atomic E-state index is 12.5. The van der Waals surface area contributed by atoms with Crippen LogP contribution < -0.4 is 5.32 Å². The number of alkyl halides is 3. The van der Waals surface area contributed by atoms with E-state index in [1.807, 2.05) is 4.90 Å². The zero-order valence-electron chi connectivity index (χ0n) is 15.1. The van der Waals surface area contributed by atoms with Crippen LogP contribution in [-0.2, 0) is 4.74 Å². The maximum atomic E-state index is 12.5. The zero-order chi connectivity index (χ0) is 18.4. The normalized spacial score (nSPS) is 22.2. The topological polar surface area (TPSA) is 60.4 Å². The van der Waals surface area contributed by atoms with Crippen LogP contribution in [0.15, 0.2) is 4.99 Å². The Labute approximate surface area is 168 Å². The number of ether oxygens (including phenoxy) is 1. The van der Waals surface area contributed by atoms with E-state index in [2.05, 4.69) is 10.3 Å². The van der Waals surface area contributed by atoms with Crippen molar-refractivity contribution in [1.29, 1.82) is 0 Å². The second-order valence-corrected chi connectivity index (χ2v) is 6.20. The Morgan fingerprint density at radius 3 is 2.35 bits per heavy atom. The summed E-state index contributed by atoms with van der Waals surface area (Å²) >= 11 is 0. The number of carbonyl (C=O) groups is 1. The first kappa shape index (κ1) is 23.1. The minimum Gasteiger partial charge on any atom is -0.450 e. The van der Waals surface area contributed by atoms with Crippen molar-refractivity contribution in [3.8, 4) is 0 Å². The van der Waals surface area contributed by atoms with Gasteiger partial charge >= 0.3 is 12.3 Å². The standard InChI is InChI=1S/C15H26F3N5O2.HI/c1-3-25-14(24)23-8-6-22(7-9-23)13(19-2)20-12-4-5-21(10-12)11-15(16,17)18;/h12H,3-11H2,1-2H3,(H,19,20);1H. The van der Waals surface area contributed by atoms with E-state index in [0.717, 1.165) is 0 Å². The molecule has 0 saturated carbocycles. The number of piperazine rings is 1. The summed E-state index contributed by atoms with van der Waals surface area (Å²) in [4.78, 5) is 21.0. The summed E-state index contributed by atoms with van der Waals surface area (Å²) in [6, 6.07) is -0.0517. The number of likely N-dealkylation sites (tertiary alicyclic amines) is 1. The van der Waals surface area contributed by atoms with Gasteiger partial charge in [-0.1, -0.05) is 0 Å². The highest BCUT2D eigenvalue weighted by atomic mass is 127. The first-order valence-electron chi connectivity index (χ1n) is 8.51. The molecule has 0 aliphatic carbocycles. The van der Waals surface area contributed by atoms with Crippen LogP contribution in [-0.4, -0.2) is 98.4 Å². The predicted octanol–water partition coefficient (Wildman–Crippen LogP) is 1.59. The van der Waals surface area contributed by atoms with Gasteiger partial charge < -0.3 is 19.9 Å². The van der Waals surface area contributed by atoms with Crippen molar-refractivity contribution in [2.24, 2.45) is 4.99 Å². The van der Waals surface area contributed by atoms with Gasteiger partial charge in [0.1, 0.15) is 0 Å². The van der Waals surface area contributed by atoms with Crippen LogP contribution in [0, 0.1) is 0 Å². The number of nitrogens with one attached hydrogen (secondary N) is 1. The number of rotatable bonds is 3. The van der Waals surface area contributed by atoms with Crippen LogP contribution >= 0.6 is 24.0 Å². The van der Waals surface area contributed by atoms with Gasteiger partial charge in [-0.3, -0.25) is 9.89 Å². The van der Waals surface area contributed by atoms with Crippen LogP contribution in [0.4, 0.5) is 18.0 Å². The second kappa shape index (κ2) is 10.4. The van der Waals surface area contributed by atoms with Gasteiger partial charge in [-0.2, -0.15) is 13.2 Å². The summed E-state index contributed by atoms with van der Waals surface area (Å²) in [5, 5.41) is 3.25. The molecule has 2 saturated heterocycles. The third-order valence-electron chi connectivity index (χ3n) is 4.33. The molecule has 2 heterocycles. The summed E-state index contributed by atoms with van der Waals surface area (Å²) in [5.41, 5.74) is 0. The lowest BCUT2D eigenvalue weighted by Gasteiger charge is -2.36. The number of aliphatic imine (C=N–C) groups is 1. The van der Waals surface area contributed by atoms with Gasteiger partial charge in [-0.25, -0.2) is 4.79 Å². The number of carbonyl (C=O) groups excluding carboxylic acids is 1. The number of guanidine groups is 1. The minimum atomic E-state index is -4.17. The van der Waals surface area contributed by atoms with E-state index in [1.54, 1.807) is 18.9 Å². The number of amides is 1. The van der Waals surface area contributed by atoms with E-state index in [-0.39, 0.29) is 36.1 Å². The third kappa shape index (κ3) is 6.97. The smallest absolute Gasteiger partial charge is 0.409 e. The maximum Gasteiger partial charge on any atom is 0.409 e. The van der Waals surface area contributed by atoms with Crippen LogP contribution in [0.2, 0.25) is 0 Å². The fourth-order valence-corrected chi connectivity index (χ4v) is 3.14. The first-order chi connectivity index (χ1) is 11.8.